The van der Waals surface area contributed by atoms with Crippen molar-refractivity contribution in [3.05, 3.63) is 53.4 Å². The van der Waals surface area contributed by atoms with Gasteiger partial charge in [-0.15, -0.1) is 0 Å². The van der Waals surface area contributed by atoms with Crippen LogP contribution in [0, 0.1) is 11.7 Å². The molecule has 138 valence electrons. The first-order valence-electron chi connectivity index (χ1n) is 9.19. The molecule has 1 fully saturated rings. The number of methoxy groups -OCH3 is 1. The number of hydrogen-bond acceptors (Lipinski definition) is 3. The van der Waals surface area contributed by atoms with Crippen LogP contribution in [0.3, 0.4) is 0 Å². The first-order chi connectivity index (χ1) is 12.6. The minimum Gasteiger partial charge on any atom is -0.384 e. The average molecular weight is 357 g/mol. The van der Waals surface area contributed by atoms with E-state index in [-0.39, 0.29) is 24.1 Å². The Morgan fingerprint density at radius 2 is 2.08 bits per heavy atom. The maximum Gasteiger partial charge on any atom is 0.227 e. The van der Waals surface area contributed by atoms with Gasteiger partial charge < -0.3 is 14.2 Å². The van der Waals surface area contributed by atoms with Crippen LogP contribution >= 0.6 is 0 Å². The van der Waals surface area contributed by atoms with Crippen molar-refractivity contribution < 1.29 is 13.9 Å². The molecule has 2 aromatic rings. The van der Waals surface area contributed by atoms with Gasteiger partial charge in [-0.3, -0.25) is 4.79 Å². The Kier molecular flexibility index (Phi) is 4.76. The van der Waals surface area contributed by atoms with E-state index in [2.05, 4.69) is 9.55 Å². The predicted molar refractivity (Wildman–Crippen MR) is 95.1 cm³/mol. The monoisotopic (exact) mass is 357 g/mol. The molecule has 1 saturated carbocycles. The molecule has 0 saturated heterocycles. The van der Waals surface area contributed by atoms with Gasteiger partial charge in [-0.25, -0.2) is 9.37 Å². The zero-order valence-corrected chi connectivity index (χ0v) is 15.0. The molecule has 0 radical (unpaired) electrons. The van der Waals surface area contributed by atoms with Gasteiger partial charge in [0.15, 0.2) is 0 Å². The summed E-state index contributed by atoms with van der Waals surface area (Å²) in [5.41, 5.74) is 3.03. The second-order valence-corrected chi connectivity index (χ2v) is 7.40. The summed E-state index contributed by atoms with van der Waals surface area (Å²) in [6.07, 6.45) is 4.78. The van der Waals surface area contributed by atoms with Gasteiger partial charge in [0.1, 0.15) is 5.82 Å². The summed E-state index contributed by atoms with van der Waals surface area (Å²) in [6, 6.07) is 6.12. The van der Waals surface area contributed by atoms with E-state index in [4.69, 9.17) is 4.74 Å². The summed E-state index contributed by atoms with van der Waals surface area (Å²) in [6.45, 7) is 2.76. The zero-order valence-electron chi connectivity index (χ0n) is 15.0. The fourth-order valence-corrected chi connectivity index (χ4v) is 3.76. The van der Waals surface area contributed by atoms with Gasteiger partial charge in [0.05, 0.1) is 31.6 Å². The summed E-state index contributed by atoms with van der Waals surface area (Å²) in [5.74, 6) is 0.669. The van der Waals surface area contributed by atoms with Crippen molar-refractivity contribution in [1.82, 2.24) is 14.5 Å². The molecule has 26 heavy (non-hydrogen) atoms. The third-order valence-corrected chi connectivity index (χ3v) is 5.27. The molecule has 2 aliphatic rings. The first-order valence-corrected chi connectivity index (χ1v) is 9.19. The van der Waals surface area contributed by atoms with E-state index in [1.54, 1.807) is 19.2 Å². The van der Waals surface area contributed by atoms with E-state index in [0.29, 0.717) is 19.7 Å². The van der Waals surface area contributed by atoms with Crippen LogP contribution in [0.4, 0.5) is 4.39 Å². The van der Waals surface area contributed by atoms with Gasteiger partial charge in [-0.1, -0.05) is 12.1 Å². The minimum absolute atomic E-state index is 0.0418. The average Bonchev–Trinajstić information content (AvgIpc) is 3.36. The van der Waals surface area contributed by atoms with Crippen molar-refractivity contribution in [2.45, 2.75) is 38.3 Å². The second-order valence-electron chi connectivity index (χ2n) is 7.40. The highest BCUT2D eigenvalue weighted by atomic mass is 19.1. The quantitative estimate of drug-likeness (QED) is 0.799. The first kappa shape index (κ1) is 17.2. The molecule has 0 spiro atoms. The lowest BCUT2D eigenvalue weighted by molar-refractivity contribution is -0.132. The summed E-state index contributed by atoms with van der Waals surface area (Å²) in [4.78, 5) is 19.2. The maximum absolute atomic E-state index is 13.1. The lowest BCUT2D eigenvalue weighted by Crippen LogP contribution is -2.41. The minimum atomic E-state index is -0.287. The lowest BCUT2D eigenvalue weighted by atomic mass is 9.98. The molecule has 5 nitrogen and oxygen atoms in total. The normalized spacial score (nSPS) is 19.5. The van der Waals surface area contributed by atoms with E-state index in [9.17, 15) is 9.18 Å². The fourth-order valence-electron chi connectivity index (χ4n) is 3.76. The van der Waals surface area contributed by atoms with E-state index < -0.39 is 0 Å². The highest BCUT2D eigenvalue weighted by molar-refractivity contribution is 5.79. The highest BCUT2D eigenvalue weighted by Gasteiger charge is 2.33. The van der Waals surface area contributed by atoms with Crippen molar-refractivity contribution >= 4 is 5.91 Å². The number of rotatable bonds is 6. The van der Waals surface area contributed by atoms with Crippen LogP contribution in [0.2, 0.25) is 0 Å². The molecular weight excluding hydrogens is 333 g/mol. The zero-order chi connectivity index (χ0) is 18.1. The Hall–Kier alpha value is -2.21. The van der Waals surface area contributed by atoms with Crippen LogP contribution < -0.4 is 0 Å². The number of carbonyl (C=O) groups excluding carboxylic acids is 1. The number of ether oxygens (including phenoxy) is 1. The highest BCUT2D eigenvalue weighted by Crippen LogP contribution is 2.34. The van der Waals surface area contributed by atoms with Crippen LogP contribution in [0.15, 0.2) is 30.6 Å². The number of halogens is 1. The summed E-state index contributed by atoms with van der Waals surface area (Å²) in [5, 5.41) is 0. The second kappa shape index (κ2) is 7.19. The predicted octanol–water partition coefficient (Wildman–Crippen LogP) is 2.75. The van der Waals surface area contributed by atoms with Crippen molar-refractivity contribution in [3.8, 4) is 0 Å². The topological polar surface area (TPSA) is 47.4 Å². The van der Waals surface area contributed by atoms with E-state index >= 15 is 0 Å². The molecule has 0 N–H and O–H groups in total. The van der Waals surface area contributed by atoms with Crippen molar-refractivity contribution in [2.24, 2.45) is 5.92 Å². The third kappa shape index (κ3) is 3.65. The SMILES string of the molecule is COC[C@H]1CN(C(=O)Cc2ccc(F)cc2)Cc2ncn(CC3CC3)c21. The van der Waals surface area contributed by atoms with Crippen molar-refractivity contribution in [3.63, 3.8) is 0 Å². The van der Waals surface area contributed by atoms with Crippen molar-refractivity contribution in [2.75, 3.05) is 20.3 Å². The Labute approximate surface area is 152 Å². The van der Waals surface area contributed by atoms with Gasteiger partial charge in [0.25, 0.3) is 0 Å². The van der Waals surface area contributed by atoms with E-state index in [1.165, 1.54) is 30.7 Å². The molecule has 0 unspecified atom stereocenters. The Balaban J connectivity index is 1.50. The third-order valence-electron chi connectivity index (χ3n) is 5.27. The standard InChI is InChI=1S/C20H24FN3O2/c1-26-12-16-10-23(19(25)8-14-4-6-17(21)7-5-14)11-18-20(16)24(13-22-18)9-15-2-3-15/h4-7,13,15-16H,2-3,8-12H2,1H3/t16-/m1/s1. The van der Waals surface area contributed by atoms with Crippen LogP contribution in [-0.4, -0.2) is 40.6 Å². The molecule has 6 heteroatoms. The number of benzene rings is 1. The molecule has 1 aromatic heterocycles. The number of nitrogens with zero attached hydrogens (tertiary/aromatic N) is 3. The molecule has 1 aliphatic carbocycles. The number of aromatic nitrogens is 2. The van der Waals surface area contributed by atoms with E-state index in [0.717, 1.165) is 23.7 Å². The summed E-state index contributed by atoms with van der Waals surface area (Å²) >= 11 is 0. The fraction of sp³-hybridized carbons (Fsp3) is 0.500. The van der Waals surface area contributed by atoms with Gasteiger partial charge in [0, 0.05) is 31.8 Å². The summed E-state index contributed by atoms with van der Waals surface area (Å²) in [7, 11) is 1.69. The van der Waals surface area contributed by atoms with E-state index in [1.807, 2.05) is 11.2 Å². The molecule has 1 atom stereocenters. The Bertz CT molecular complexity index is 783. The summed E-state index contributed by atoms with van der Waals surface area (Å²) < 4.78 is 20.7. The Morgan fingerprint density at radius 1 is 1.31 bits per heavy atom. The number of imidazole rings is 1. The lowest BCUT2D eigenvalue weighted by Gasteiger charge is -2.33. The molecule has 0 bridgehead atoms. The number of hydrogen-bond donors (Lipinski definition) is 0. The number of fused-ring (bicyclic) bond motifs is 1. The smallest absolute Gasteiger partial charge is 0.227 e. The molecule has 1 aliphatic heterocycles. The van der Waals surface area contributed by atoms with Crippen LogP contribution in [0.5, 0.6) is 0 Å². The maximum atomic E-state index is 13.1. The van der Waals surface area contributed by atoms with Gasteiger partial charge in [0.2, 0.25) is 5.91 Å². The van der Waals surface area contributed by atoms with Crippen LogP contribution in [0.25, 0.3) is 0 Å². The van der Waals surface area contributed by atoms with Gasteiger partial charge in [-0.2, -0.15) is 0 Å². The molecule has 1 amide bonds. The molecule has 2 heterocycles. The van der Waals surface area contributed by atoms with Gasteiger partial charge >= 0.3 is 0 Å². The molecule has 1 aromatic carbocycles. The Morgan fingerprint density at radius 3 is 2.77 bits per heavy atom. The largest absolute Gasteiger partial charge is 0.384 e. The van der Waals surface area contributed by atoms with Gasteiger partial charge in [-0.05, 0) is 36.5 Å². The van der Waals surface area contributed by atoms with Crippen LogP contribution in [0.1, 0.15) is 35.7 Å². The molecule has 4 rings (SSSR count). The van der Waals surface area contributed by atoms with Crippen molar-refractivity contribution in [1.29, 1.82) is 0 Å². The van der Waals surface area contributed by atoms with Crippen LogP contribution in [-0.2, 0) is 29.0 Å². The number of carbonyl (C=O) groups is 1. The molecular formula is C20H24FN3O2. The number of amides is 1.